The third-order valence-electron chi connectivity index (χ3n) is 5.27. The molecule has 0 unspecified atom stereocenters. The number of carbonyl (C=O) groups is 2. The maximum absolute atomic E-state index is 13.3. The number of amides is 1. The summed E-state index contributed by atoms with van der Waals surface area (Å²) < 4.78 is 21.7. The average molecular weight is 527 g/mol. The molecule has 0 heterocycles. The van der Waals surface area contributed by atoms with Gasteiger partial charge >= 0.3 is 5.97 Å². The van der Waals surface area contributed by atoms with E-state index >= 15 is 0 Å². The molecule has 0 bridgehead atoms. The minimum atomic E-state index is -0.654. The van der Waals surface area contributed by atoms with E-state index in [1.165, 1.54) is 7.11 Å². The number of nitrogens with zero attached hydrogens (tertiary/aromatic N) is 1. The smallest absolute Gasteiger partial charge is 0.344 e. The van der Waals surface area contributed by atoms with Crippen LogP contribution in [0.2, 0.25) is 0 Å². The zero-order chi connectivity index (χ0) is 28.7. The van der Waals surface area contributed by atoms with Crippen LogP contribution in [-0.2, 0) is 19.7 Å². The Morgan fingerprint density at radius 3 is 2.08 bits per heavy atom. The second kappa shape index (κ2) is 12.4. The molecule has 3 N–H and O–H groups in total. The molecule has 1 amide bonds. The van der Waals surface area contributed by atoms with Gasteiger partial charge in [0.15, 0.2) is 12.3 Å². The van der Waals surface area contributed by atoms with Gasteiger partial charge in [-0.3, -0.25) is 4.79 Å². The van der Waals surface area contributed by atoms with Crippen LogP contribution in [-0.4, -0.2) is 38.3 Å². The number of methoxy groups -OCH3 is 2. The van der Waals surface area contributed by atoms with Gasteiger partial charge in [0.2, 0.25) is 0 Å². The van der Waals surface area contributed by atoms with Crippen molar-refractivity contribution in [3.05, 3.63) is 53.4 Å². The summed E-state index contributed by atoms with van der Waals surface area (Å²) in [6.45, 7) is 12.7. The van der Waals surface area contributed by atoms with E-state index < -0.39 is 17.5 Å². The molecule has 10 heteroatoms. The van der Waals surface area contributed by atoms with Crippen LogP contribution in [0.4, 0.5) is 11.4 Å². The third kappa shape index (κ3) is 8.50. The van der Waals surface area contributed by atoms with Gasteiger partial charge in [0.25, 0.3) is 5.91 Å². The summed E-state index contributed by atoms with van der Waals surface area (Å²) >= 11 is 0. The maximum atomic E-state index is 13.3. The fourth-order valence-electron chi connectivity index (χ4n) is 3.39. The van der Waals surface area contributed by atoms with Crippen LogP contribution < -0.4 is 24.8 Å². The SMILES string of the molecule is COc1ccc(OC)c(N/C(C)=C(\N=N)C(=O)Nc2cc(C(C)(C)C)ccc2OCC(=O)OC(C)(C)C)c1. The molecule has 0 saturated heterocycles. The van der Waals surface area contributed by atoms with E-state index in [0.717, 1.165) is 5.56 Å². The second-order valence-electron chi connectivity index (χ2n) is 10.6. The first kappa shape index (κ1) is 30.1. The number of ether oxygens (including phenoxy) is 4. The first-order valence-electron chi connectivity index (χ1n) is 12.1. The molecule has 10 nitrogen and oxygen atoms in total. The van der Waals surface area contributed by atoms with Crippen LogP contribution in [0.5, 0.6) is 17.2 Å². The highest BCUT2D eigenvalue weighted by atomic mass is 16.6. The van der Waals surface area contributed by atoms with Crippen molar-refractivity contribution in [2.45, 2.75) is 59.5 Å². The van der Waals surface area contributed by atoms with Crippen LogP contribution >= 0.6 is 0 Å². The van der Waals surface area contributed by atoms with Crippen LogP contribution in [0, 0.1) is 5.53 Å². The molecule has 0 fully saturated rings. The Morgan fingerprint density at radius 1 is 0.895 bits per heavy atom. The molecule has 0 aromatic heterocycles. The van der Waals surface area contributed by atoms with E-state index in [9.17, 15) is 9.59 Å². The van der Waals surface area contributed by atoms with Crippen molar-refractivity contribution in [2.75, 3.05) is 31.5 Å². The van der Waals surface area contributed by atoms with E-state index in [1.54, 1.807) is 65.1 Å². The summed E-state index contributed by atoms with van der Waals surface area (Å²) in [6.07, 6.45) is 0. The monoisotopic (exact) mass is 526 g/mol. The lowest BCUT2D eigenvalue weighted by Crippen LogP contribution is -2.27. The van der Waals surface area contributed by atoms with Crippen molar-refractivity contribution in [1.82, 2.24) is 0 Å². The highest BCUT2D eigenvalue weighted by molar-refractivity contribution is 6.05. The molecule has 2 aromatic carbocycles. The number of esters is 1. The molecule has 0 radical (unpaired) electrons. The van der Waals surface area contributed by atoms with Crippen molar-refractivity contribution in [3.8, 4) is 17.2 Å². The Balaban J connectivity index is 2.37. The Hall–Kier alpha value is -4.08. The normalized spacial score (nSPS) is 12.1. The van der Waals surface area contributed by atoms with E-state index in [4.69, 9.17) is 24.5 Å². The molecular weight excluding hydrogens is 488 g/mol. The molecular formula is C28H38N4O6. The molecule has 2 aromatic rings. The van der Waals surface area contributed by atoms with Crippen molar-refractivity contribution in [2.24, 2.45) is 5.11 Å². The van der Waals surface area contributed by atoms with E-state index in [1.807, 2.05) is 26.8 Å². The number of hydrogen-bond donors (Lipinski definition) is 3. The van der Waals surface area contributed by atoms with Crippen LogP contribution in [0.25, 0.3) is 0 Å². The minimum absolute atomic E-state index is 0.158. The molecule has 38 heavy (non-hydrogen) atoms. The lowest BCUT2D eigenvalue weighted by atomic mass is 9.87. The second-order valence-corrected chi connectivity index (χ2v) is 10.6. The number of anilines is 2. The summed E-state index contributed by atoms with van der Waals surface area (Å²) in [7, 11) is 3.07. The third-order valence-corrected chi connectivity index (χ3v) is 5.27. The Bertz CT molecular complexity index is 1210. The zero-order valence-electron chi connectivity index (χ0n) is 23.6. The topological polar surface area (TPSA) is 131 Å². The quantitative estimate of drug-likeness (QED) is 0.195. The largest absolute Gasteiger partial charge is 0.497 e. The lowest BCUT2D eigenvalue weighted by molar-refractivity contribution is -0.157. The molecule has 0 aliphatic carbocycles. The van der Waals surface area contributed by atoms with Crippen LogP contribution in [0.3, 0.4) is 0 Å². The van der Waals surface area contributed by atoms with Crippen LogP contribution in [0.1, 0.15) is 54.0 Å². The van der Waals surface area contributed by atoms with Crippen molar-refractivity contribution in [3.63, 3.8) is 0 Å². The van der Waals surface area contributed by atoms with E-state index in [0.29, 0.717) is 28.6 Å². The molecule has 0 saturated carbocycles. The molecule has 206 valence electrons. The molecule has 2 rings (SSSR count). The van der Waals surface area contributed by atoms with Gasteiger partial charge in [0, 0.05) is 11.8 Å². The highest BCUT2D eigenvalue weighted by Gasteiger charge is 2.22. The summed E-state index contributed by atoms with van der Waals surface area (Å²) in [5, 5.41) is 9.32. The van der Waals surface area contributed by atoms with Gasteiger partial charge in [-0.05, 0) is 62.9 Å². The van der Waals surface area contributed by atoms with Crippen molar-refractivity contribution >= 4 is 23.3 Å². The number of allylic oxidation sites excluding steroid dienone is 1. The Kier molecular flexibility index (Phi) is 9.87. The van der Waals surface area contributed by atoms with E-state index in [2.05, 4.69) is 15.7 Å². The molecule has 0 atom stereocenters. The van der Waals surface area contributed by atoms with Gasteiger partial charge in [-0.2, -0.15) is 5.11 Å². The van der Waals surface area contributed by atoms with Crippen molar-refractivity contribution < 1.29 is 28.5 Å². The predicted octanol–water partition coefficient (Wildman–Crippen LogP) is 6.03. The number of benzene rings is 2. The zero-order valence-corrected chi connectivity index (χ0v) is 23.6. The lowest BCUT2D eigenvalue weighted by Gasteiger charge is -2.22. The van der Waals surface area contributed by atoms with Gasteiger partial charge in [-0.1, -0.05) is 26.8 Å². The van der Waals surface area contributed by atoms with Gasteiger partial charge < -0.3 is 29.6 Å². The molecule has 0 spiro atoms. The number of carbonyl (C=O) groups excluding carboxylic acids is 2. The standard InChI is InChI=1S/C28H38N4O6/c1-17(30-21-15-19(35-8)11-13-22(21)36-9)25(32-29)26(34)31-20-14-18(27(2,3)4)10-12-23(20)37-16-24(33)38-28(5,6)7/h10-15,29-30H,16H2,1-9H3,(H,31,34)/b25-17-,32-29?. The van der Waals surface area contributed by atoms with E-state index in [-0.39, 0.29) is 23.5 Å². The van der Waals surface area contributed by atoms with Crippen LogP contribution in [0.15, 0.2) is 52.9 Å². The Morgan fingerprint density at radius 2 is 1.53 bits per heavy atom. The number of hydrogen-bond acceptors (Lipinski definition) is 9. The highest BCUT2D eigenvalue weighted by Crippen LogP contribution is 2.33. The first-order chi connectivity index (χ1) is 17.7. The summed E-state index contributed by atoms with van der Waals surface area (Å²) in [5.74, 6) is 0.205. The predicted molar refractivity (Wildman–Crippen MR) is 146 cm³/mol. The van der Waals surface area contributed by atoms with Gasteiger partial charge in [-0.25, -0.2) is 10.3 Å². The Labute approximate surface area is 224 Å². The fourth-order valence-corrected chi connectivity index (χ4v) is 3.39. The van der Waals surface area contributed by atoms with Gasteiger partial charge in [0.1, 0.15) is 22.8 Å². The average Bonchev–Trinajstić information content (AvgIpc) is 2.81. The van der Waals surface area contributed by atoms with Gasteiger partial charge in [0.05, 0.1) is 25.6 Å². The molecule has 0 aliphatic rings. The number of nitrogens with one attached hydrogen (secondary N) is 3. The minimum Gasteiger partial charge on any atom is -0.497 e. The summed E-state index contributed by atoms with van der Waals surface area (Å²) in [4.78, 5) is 25.5. The summed E-state index contributed by atoms with van der Waals surface area (Å²) in [5.41, 5.74) is 8.74. The first-order valence-corrected chi connectivity index (χ1v) is 12.1. The summed E-state index contributed by atoms with van der Waals surface area (Å²) in [6, 6.07) is 10.5. The maximum Gasteiger partial charge on any atom is 0.344 e. The fraction of sp³-hybridized carbons (Fsp3) is 0.429. The van der Waals surface area contributed by atoms with Crippen molar-refractivity contribution in [1.29, 1.82) is 5.53 Å². The van der Waals surface area contributed by atoms with Gasteiger partial charge in [-0.15, -0.1) is 0 Å². The molecule has 0 aliphatic heterocycles. The number of rotatable bonds is 10.